The van der Waals surface area contributed by atoms with Crippen LogP contribution < -0.4 is 10.2 Å². The van der Waals surface area contributed by atoms with Crippen molar-refractivity contribution < 1.29 is 4.39 Å². The molecule has 0 radical (unpaired) electrons. The zero-order valence-electron chi connectivity index (χ0n) is 16.4. The predicted molar refractivity (Wildman–Crippen MR) is 113 cm³/mol. The van der Waals surface area contributed by atoms with Gasteiger partial charge in [-0.05, 0) is 51.6 Å². The molecule has 1 aromatic carbocycles. The maximum absolute atomic E-state index is 13.5. The molecule has 2 aromatic heterocycles. The van der Waals surface area contributed by atoms with Crippen molar-refractivity contribution in [3.05, 3.63) is 41.6 Å². The van der Waals surface area contributed by atoms with Crippen LogP contribution in [0.4, 0.5) is 21.8 Å². The summed E-state index contributed by atoms with van der Waals surface area (Å²) in [4.78, 5) is 22.4. The molecule has 7 nitrogen and oxygen atoms in total. The molecule has 3 heterocycles. The molecule has 4 rings (SSSR count). The number of piperidine rings is 1. The van der Waals surface area contributed by atoms with Crippen LogP contribution >= 0.6 is 11.6 Å². The van der Waals surface area contributed by atoms with Crippen LogP contribution in [0.3, 0.4) is 0 Å². The first kappa shape index (κ1) is 19.7. The maximum Gasteiger partial charge on any atom is 0.226 e. The zero-order valence-corrected chi connectivity index (χ0v) is 17.2. The number of hydrogen-bond acceptors (Lipinski definition) is 7. The molecule has 1 N–H and O–H groups in total. The molecule has 1 fully saturated rings. The normalized spacial score (nSPS) is 17.1. The largest absolute Gasteiger partial charge is 0.338 e. The van der Waals surface area contributed by atoms with Crippen molar-refractivity contribution in [2.45, 2.75) is 25.3 Å². The number of fused-ring (bicyclic) bond motifs is 1. The van der Waals surface area contributed by atoms with Crippen molar-refractivity contribution in [2.75, 3.05) is 37.4 Å². The van der Waals surface area contributed by atoms with Gasteiger partial charge in [-0.15, -0.1) is 0 Å². The van der Waals surface area contributed by atoms with Crippen LogP contribution in [0.2, 0.25) is 5.02 Å². The summed E-state index contributed by atoms with van der Waals surface area (Å²) < 4.78 is 13.5. The Bertz CT molecular complexity index is 1010. The average Bonchev–Trinajstić information content (AvgIpc) is 2.71. The lowest BCUT2D eigenvalue weighted by Gasteiger charge is -2.37. The summed E-state index contributed by atoms with van der Waals surface area (Å²) in [5.74, 6) is 0.743. The Morgan fingerprint density at radius 3 is 2.90 bits per heavy atom. The van der Waals surface area contributed by atoms with Gasteiger partial charge in [-0.1, -0.05) is 11.6 Å². The van der Waals surface area contributed by atoms with Gasteiger partial charge in [0.25, 0.3) is 0 Å². The van der Waals surface area contributed by atoms with Crippen molar-refractivity contribution in [1.82, 2.24) is 24.8 Å². The topological polar surface area (TPSA) is 70.1 Å². The standard InChI is InChI=1S/C20H23ClFN7/c1-28(2)11-14-5-3-4-8-29(14)20-23-10-17-18(27-20)19(25-12-24-17)26-13-6-7-16(22)15(21)9-13/h6-7,9-10,12,14H,3-5,8,11H2,1-2H3,(H,24,25,26). The SMILES string of the molecule is CN(C)CC1CCCCN1c1ncc2ncnc(Nc3ccc(F)c(Cl)c3)c2n1. The average molecular weight is 416 g/mol. The van der Waals surface area contributed by atoms with E-state index in [9.17, 15) is 4.39 Å². The van der Waals surface area contributed by atoms with Gasteiger partial charge in [0.15, 0.2) is 5.82 Å². The lowest BCUT2D eigenvalue weighted by Crippen LogP contribution is -2.46. The Morgan fingerprint density at radius 2 is 2.10 bits per heavy atom. The van der Waals surface area contributed by atoms with Gasteiger partial charge in [-0.2, -0.15) is 0 Å². The third-order valence-corrected chi connectivity index (χ3v) is 5.30. The van der Waals surface area contributed by atoms with Gasteiger partial charge in [0.05, 0.1) is 11.2 Å². The third-order valence-electron chi connectivity index (χ3n) is 5.01. The third kappa shape index (κ3) is 4.38. The second-order valence-corrected chi connectivity index (χ2v) is 7.89. The van der Waals surface area contributed by atoms with Crippen molar-refractivity contribution in [3.63, 3.8) is 0 Å². The van der Waals surface area contributed by atoms with Gasteiger partial charge in [0, 0.05) is 24.8 Å². The molecule has 29 heavy (non-hydrogen) atoms. The van der Waals surface area contributed by atoms with E-state index in [1.54, 1.807) is 12.3 Å². The summed E-state index contributed by atoms with van der Waals surface area (Å²) in [6, 6.07) is 4.81. The molecule has 152 valence electrons. The van der Waals surface area contributed by atoms with E-state index in [1.165, 1.54) is 24.9 Å². The fourth-order valence-corrected chi connectivity index (χ4v) is 3.84. The van der Waals surface area contributed by atoms with E-state index in [2.05, 4.69) is 44.2 Å². The van der Waals surface area contributed by atoms with E-state index in [-0.39, 0.29) is 5.02 Å². The van der Waals surface area contributed by atoms with Crippen LogP contribution in [0.25, 0.3) is 11.0 Å². The number of hydrogen-bond donors (Lipinski definition) is 1. The summed E-state index contributed by atoms with van der Waals surface area (Å²) in [5.41, 5.74) is 1.88. The lowest BCUT2D eigenvalue weighted by molar-refractivity contribution is 0.325. The molecule has 0 bridgehead atoms. The van der Waals surface area contributed by atoms with Crippen LogP contribution in [-0.4, -0.2) is 58.1 Å². The van der Waals surface area contributed by atoms with E-state index >= 15 is 0 Å². The molecular weight excluding hydrogens is 393 g/mol. The van der Waals surface area contributed by atoms with Gasteiger partial charge in [-0.25, -0.2) is 24.3 Å². The summed E-state index contributed by atoms with van der Waals surface area (Å²) in [5, 5.41) is 3.21. The Balaban J connectivity index is 1.69. The summed E-state index contributed by atoms with van der Waals surface area (Å²) in [6.45, 7) is 1.87. The molecule has 0 saturated carbocycles. The van der Waals surface area contributed by atoms with Gasteiger partial charge in [0.2, 0.25) is 5.95 Å². The highest BCUT2D eigenvalue weighted by Crippen LogP contribution is 2.27. The quantitative estimate of drug-likeness (QED) is 0.678. The van der Waals surface area contributed by atoms with Crippen molar-refractivity contribution >= 4 is 40.1 Å². The summed E-state index contributed by atoms with van der Waals surface area (Å²) in [7, 11) is 4.16. The number of likely N-dealkylation sites (N-methyl/N-ethyl adjacent to an activating group) is 1. The van der Waals surface area contributed by atoms with Crippen molar-refractivity contribution in [1.29, 1.82) is 0 Å². The molecule has 1 atom stereocenters. The highest BCUT2D eigenvalue weighted by molar-refractivity contribution is 6.31. The molecule has 9 heteroatoms. The van der Waals surface area contributed by atoms with Gasteiger partial charge in [0.1, 0.15) is 23.2 Å². The molecule has 1 aliphatic heterocycles. The fraction of sp³-hybridized carbons (Fsp3) is 0.400. The molecule has 0 amide bonds. The van der Waals surface area contributed by atoms with Gasteiger partial charge < -0.3 is 15.1 Å². The number of anilines is 3. The summed E-state index contributed by atoms with van der Waals surface area (Å²) >= 11 is 5.90. The van der Waals surface area contributed by atoms with E-state index in [0.29, 0.717) is 34.5 Å². The Kier molecular flexibility index (Phi) is 5.73. The minimum atomic E-state index is -0.466. The summed E-state index contributed by atoms with van der Waals surface area (Å²) in [6.07, 6.45) is 6.63. The minimum Gasteiger partial charge on any atom is -0.338 e. The van der Waals surface area contributed by atoms with Crippen LogP contribution in [0.5, 0.6) is 0 Å². The van der Waals surface area contributed by atoms with Crippen LogP contribution in [-0.2, 0) is 0 Å². The Morgan fingerprint density at radius 1 is 1.24 bits per heavy atom. The van der Waals surface area contributed by atoms with Crippen LogP contribution in [0.15, 0.2) is 30.7 Å². The molecule has 1 aliphatic rings. The smallest absolute Gasteiger partial charge is 0.226 e. The number of rotatable bonds is 5. The second-order valence-electron chi connectivity index (χ2n) is 7.49. The van der Waals surface area contributed by atoms with Crippen LogP contribution in [0, 0.1) is 5.82 Å². The number of halogens is 2. The number of nitrogens with one attached hydrogen (secondary N) is 1. The minimum absolute atomic E-state index is 0.0449. The van der Waals surface area contributed by atoms with E-state index in [0.717, 1.165) is 25.9 Å². The number of nitrogens with zero attached hydrogens (tertiary/aromatic N) is 6. The van der Waals surface area contributed by atoms with E-state index < -0.39 is 5.82 Å². The second kappa shape index (κ2) is 8.42. The highest BCUT2D eigenvalue weighted by Gasteiger charge is 2.25. The Hall–Kier alpha value is -2.58. The first-order valence-electron chi connectivity index (χ1n) is 9.62. The van der Waals surface area contributed by atoms with Crippen LogP contribution in [0.1, 0.15) is 19.3 Å². The molecule has 1 unspecified atom stereocenters. The van der Waals surface area contributed by atoms with Crippen molar-refractivity contribution in [2.24, 2.45) is 0 Å². The molecular formula is C20H23ClFN7. The number of aromatic nitrogens is 4. The monoisotopic (exact) mass is 415 g/mol. The van der Waals surface area contributed by atoms with E-state index in [4.69, 9.17) is 16.6 Å². The first-order chi connectivity index (χ1) is 14.0. The maximum atomic E-state index is 13.5. The predicted octanol–water partition coefficient (Wildman–Crippen LogP) is 3.88. The molecule has 0 aliphatic carbocycles. The Labute approximate surface area is 174 Å². The van der Waals surface area contributed by atoms with Crippen molar-refractivity contribution in [3.8, 4) is 0 Å². The zero-order chi connectivity index (χ0) is 20.4. The fourth-order valence-electron chi connectivity index (χ4n) is 3.66. The number of benzene rings is 1. The van der Waals surface area contributed by atoms with E-state index in [1.807, 2.05) is 0 Å². The highest BCUT2D eigenvalue weighted by atomic mass is 35.5. The first-order valence-corrected chi connectivity index (χ1v) is 10.0. The van der Waals surface area contributed by atoms with Gasteiger partial charge >= 0.3 is 0 Å². The van der Waals surface area contributed by atoms with Gasteiger partial charge in [-0.3, -0.25) is 0 Å². The molecule has 1 saturated heterocycles. The molecule has 0 spiro atoms. The molecule has 3 aromatic rings. The lowest BCUT2D eigenvalue weighted by atomic mass is 10.0.